The SMILES string of the molecule is CCC([SiH2]C)[S-](=O)=S. The van der Waals surface area contributed by atoms with Crippen molar-refractivity contribution in [1.82, 2.24) is 0 Å². The van der Waals surface area contributed by atoms with Gasteiger partial charge in [-0.2, -0.15) is 0 Å². The summed E-state index contributed by atoms with van der Waals surface area (Å²) in [6.45, 7) is 4.20. The molecule has 0 bridgehead atoms. The fourth-order valence-corrected chi connectivity index (χ4v) is 4.13. The van der Waals surface area contributed by atoms with Crippen LogP contribution in [0.15, 0.2) is 0 Å². The van der Waals surface area contributed by atoms with Gasteiger partial charge in [0.15, 0.2) is 0 Å². The highest BCUT2D eigenvalue weighted by Crippen LogP contribution is 1.92. The summed E-state index contributed by atoms with van der Waals surface area (Å²) in [4.78, 5) is 0.380. The van der Waals surface area contributed by atoms with Crippen LogP contribution in [0.3, 0.4) is 0 Å². The van der Waals surface area contributed by atoms with E-state index in [-0.39, 0.29) is 9.52 Å². The van der Waals surface area contributed by atoms with Crippen LogP contribution in [0.2, 0.25) is 6.55 Å². The van der Waals surface area contributed by atoms with Crippen LogP contribution < -0.4 is 0 Å². The minimum absolute atomic E-state index is 0.124. The van der Waals surface area contributed by atoms with Gasteiger partial charge in [0, 0.05) is 9.52 Å². The summed E-state index contributed by atoms with van der Waals surface area (Å²) in [5.74, 6) is 0. The Bertz CT molecular complexity index is 109. The second kappa shape index (κ2) is 4.46. The first-order valence-electron chi connectivity index (χ1n) is 2.80. The van der Waals surface area contributed by atoms with Crippen molar-refractivity contribution in [2.45, 2.75) is 24.8 Å². The standard InChI is InChI=1S/C4H11OS2Si/c1-3-4(8-2)7(5)6/h4H,3,8H2,1-2H3/q-1. The minimum atomic E-state index is -0.958. The number of hydrogen-bond acceptors (Lipinski definition) is 3. The average molecular weight is 167 g/mol. The molecule has 0 aliphatic heterocycles. The van der Waals surface area contributed by atoms with E-state index in [2.05, 4.69) is 17.7 Å². The van der Waals surface area contributed by atoms with Crippen molar-refractivity contribution in [3.05, 3.63) is 0 Å². The van der Waals surface area contributed by atoms with E-state index in [0.717, 1.165) is 6.42 Å². The smallest absolute Gasteiger partial charge is 0.00224 e. The Labute approximate surface area is 59.4 Å². The highest BCUT2D eigenvalue weighted by molar-refractivity contribution is 8.22. The second-order valence-electron chi connectivity index (χ2n) is 1.70. The molecule has 1 atom stereocenters. The lowest BCUT2D eigenvalue weighted by Gasteiger charge is -2.11. The summed E-state index contributed by atoms with van der Waals surface area (Å²) in [7, 11) is -1.08. The van der Waals surface area contributed by atoms with Crippen molar-refractivity contribution in [1.29, 1.82) is 0 Å². The van der Waals surface area contributed by atoms with Crippen LogP contribution in [0, 0.1) is 0 Å². The maximum Gasteiger partial charge on any atom is 0.00224 e. The van der Waals surface area contributed by atoms with E-state index in [1.165, 1.54) is 0 Å². The van der Waals surface area contributed by atoms with E-state index >= 15 is 0 Å². The second-order valence-corrected chi connectivity index (χ2v) is 6.27. The van der Waals surface area contributed by atoms with E-state index in [1.54, 1.807) is 0 Å². The lowest BCUT2D eigenvalue weighted by molar-refractivity contribution is 0.601. The van der Waals surface area contributed by atoms with Gasteiger partial charge in [-0.05, 0) is 0 Å². The normalized spacial score (nSPS) is 15.9. The molecule has 8 heavy (non-hydrogen) atoms. The van der Waals surface area contributed by atoms with E-state index in [4.69, 9.17) is 0 Å². The summed E-state index contributed by atoms with van der Waals surface area (Å²) in [5, 5.41) is 0. The van der Waals surface area contributed by atoms with Gasteiger partial charge in [0.25, 0.3) is 0 Å². The molecular formula is C4H11OS2Si-. The van der Waals surface area contributed by atoms with Crippen LogP contribution in [0.4, 0.5) is 0 Å². The largest absolute Gasteiger partial charge is 0.451 e. The highest BCUT2D eigenvalue weighted by atomic mass is 32.8. The van der Waals surface area contributed by atoms with Crippen LogP contribution in [0.5, 0.6) is 0 Å². The summed E-state index contributed by atoms with van der Waals surface area (Å²) in [6, 6.07) is 0. The summed E-state index contributed by atoms with van der Waals surface area (Å²) >= 11 is 4.61. The van der Waals surface area contributed by atoms with Crippen molar-refractivity contribution < 1.29 is 4.21 Å². The highest BCUT2D eigenvalue weighted by Gasteiger charge is 1.91. The van der Waals surface area contributed by atoms with Gasteiger partial charge < -0.3 is 4.21 Å². The molecule has 0 aliphatic rings. The molecule has 0 fully saturated rings. The third-order valence-electron chi connectivity index (χ3n) is 1.18. The molecule has 0 aliphatic carbocycles. The predicted molar refractivity (Wildman–Crippen MR) is 43.9 cm³/mol. The summed E-state index contributed by atoms with van der Waals surface area (Å²) in [6.07, 6.45) is 0.999. The molecule has 50 valence electrons. The van der Waals surface area contributed by atoms with Crippen LogP contribution in [-0.2, 0) is 24.8 Å². The fraction of sp³-hybridized carbons (Fsp3) is 1.00. The maximum absolute atomic E-state index is 10.6. The van der Waals surface area contributed by atoms with Gasteiger partial charge in [0.05, 0.1) is 0 Å². The molecule has 0 aromatic carbocycles. The molecule has 0 radical (unpaired) electrons. The lowest BCUT2D eigenvalue weighted by atomic mass is 10.6. The van der Waals surface area contributed by atoms with Gasteiger partial charge in [-0.3, -0.25) is 0 Å². The first-order chi connectivity index (χ1) is 3.72. The average Bonchev–Trinajstić information content (AvgIpc) is 1.69. The fourth-order valence-electron chi connectivity index (χ4n) is 0.561. The zero-order valence-corrected chi connectivity index (χ0v) is 8.26. The Morgan fingerprint density at radius 1 is 1.88 bits per heavy atom. The zero-order valence-electron chi connectivity index (χ0n) is 5.22. The molecular weight excluding hydrogens is 156 g/mol. The molecule has 0 spiro atoms. The third-order valence-corrected chi connectivity index (χ3v) is 7.00. The van der Waals surface area contributed by atoms with Crippen LogP contribution >= 0.6 is 0 Å². The topological polar surface area (TPSA) is 17.1 Å². The van der Waals surface area contributed by atoms with Crippen LogP contribution in [0.1, 0.15) is 13.3 Å². The minimum Gasteiger partial charge on any atom is -0.451 e. The molecule has 0 aromatic heterocycles. The molecule has 0 amide bonds. The molecule has 0 saturated carbocycles. The van der Waals surface area contributed by atoms with Crippen LogP contribution in [-0.4, -0.2) is 14.4 Å². The predicted octanol–water partition coefficient (Wildman–Crippen LogP) is 0.365. The van der Waals surface area contributed by atoms with Crippen molar-refractivity contribution in [2.24, 2.45) is 0 Å². The van der Waals surface area contributed by atoms with Gasteiger partial charge in [0.2, 0.25) is 0 Å². The quantitative estimate of drug-likeness (QED) is 0.446. The van der Waals surface area contributed by atoms with Gasteiger partial charge >= 0.3 is 0 Å². The molecule has 0 heterocycles. The van der Waals surface area contributed by atoms with E-state index in [9.17, 15) is 4.21 Å². The zero-order chi connectivity index (χ0) is 6.57. The molecule has 0 rings (SSSR count). The molecule has 1 unspecified atom stereocenters. The van der Waals surface area contributed by atoms with Crippen molar-refractivity contribution >= 4 is 30.1 Å². The monoisotopic (exact) mass is 167 g/mol. The van der Waals surface area contributed by atoms with Gasteiger partial charge in [-0.15, -0.1) is 0 Å². The lowest BCUT2D eigenvalue weighted by Crippen LogP contribution is -2.12. The van der Waals surface area contributed by atoms with Crippen LogP contribution in [0.25, 0.3) is 0 Å². The summed E-state index contributed by atoms with van der Waals surface area (Å²) in [5.41, 5.74) is 0. The van der Waals surface area contributed by atoms with Gasteiger partial charge in [-0.25, -0.2) is 20.5 Å². The number of rotatable bonds is 3. The Kier molecular flexibility index (Phi) is 4.79. The summed E-state index contributed by atoms with van der Waals surface area (Å²) < 4.78 is 10.6. The first kappa shape index (κ1) is 8.59. The van der Waals surface area contributed by atoms with Crippen molar-refractivity contribution in [3.63, 3.8) is 0 Å². The first-order valence-corrected chi connectivity index (χ1v) is 7.17. The maximum atomic E-state index is 10.6. The molecule has 4 heteroatoms. The third kappa shape index (κ3) is 2.79. The molecule has 1 nitrogen and oxygen atoms in total. The van der Waals surface area contributed by atoms with Crippen molar-refractivity contribution in [3.8, 4) is 0 Å². The molecule has 0 aromatic rings. The Morgan fingerprint density at radius 2 is 2.38 bits per heavy atom. The Hall–Kier alpha value is 0.587. The molecule has 0 N–H and O–H groups in total. The van der Waals surface area contributed by atoms with E-state index in [1.807, 2.05) is 6.92 Å². The number of hydrogen-bond donors (Lipinski definition) is 0. The van der Waals surface area contributed by atoms with E-state index in [0.29, 0.717) is 4.87 Å². The molecule has 0 saturated heterocycles. The Balaban J connectivity index is 3.70. The van der Waals surface area contributed by atoms with Gasteiger partial charge in [0.1, 0.15) is 0 Å². The van der Waals surface area contributed by atoms with Crippen molar-refractivity contribution in [2.75, 3.05) is 0 Å². The Morgan fingerprint density at radius 3 is 2.38 bits per heavy atom. The van der Waals surface area contributed by atoms with E-state index < -0.39 is 9.36 Å². The van der Waals surface area contributed by atoms with Gasteiger partial charge in [-0.1, -0.05) is 24.8 Å².